The normalized spacial score (nSPS) is 14.8. The van der Waals surface area contributed by atoms with Crippen molar-refractivity contribution >= 4 is 21.7 Å². The minimum absolute atomic E-state index is 0.123. The molecule has 1 aliphatic rings. The molecule has 0 fully saturated rings. The van der Waals surface area contributed by atoms with Crippen molar-refractivity contribution in [2.45, 2.75) is 43.9 Å². The summed E-state index contributed by atoms with van der Waals surface area (Å²) < 4.78 is 26.0. The fraction of sp³-hybridized carbons (Fsp3) is 0.471. The van der Waals surface area contributed by atoms with Crippen LogP contribution in [0.2, 0.25) is 0 Å². The molecular formula is C17H25N3O3S. The Kier molecular flexibility index (Phi) is 6.39. The summed E-state index contributed by atoms with van der Waals surface area (Å²) in [4.78, 5) is 12.2. The van der Waals surface area contributed by atoms with E-state index in [4.69, 9.17) is 0 Å². The molecule has 0 unspecified atom stereocenters. The van der Waals surface area contributed by atoms with Gasteiger partial charge < -0.3 is 10.6 Å². The third-order valence-corrected chi connectivity index (χ3v) is 5.56. The Labute approximate surface area is 143 Å². The molecule has 0 saturated heterocycles. The third kappa shape index (κ3) is 5.07. The molecule has 0 atom stereocenters. The van der Waals surface area contributed by atoms with Gasteiger partial charge >= 0.3 is 6.03 Å². The van der Waals surface area contributed by atoms with Crippen molar-refractivity contribution in [2.75, 3.05) is 18.9 Å². The Morgan fingerprint density at radius 3 is 2.71 bits per heavy atom. The molecular weight excluding hydrogens is 326 g/mol. The van der Waals surface area contributed by atoms with Gasteiger partial charge in [0.05, 0.1) is 4.90 Å². The number of carbonyl (C=O) groups is 1. The van der Waals surface area contributed by atoms with Crippen LogP contribution in [0, 0.1) is 6.92 Å². The number of allylic oxidation sites excluding steroid dienone is 1. The van der Waals surface area contributed by atoms with Crippen LogP contribution in [0.4, 0.5) is 10.5 Å². The van der Waals surface area contributed by atoms with E-state index in [2.05, 4.69) is 21.4 Å². The van der Waals surface area contributed by atoms with Crippen LogP contribution in [0.3, 0.4) is 0 Å². The first-order valence-electron chi connectivity index (χ1n) is 8.19. The van der Waals surface area contributed by atoms with Gasteiger partial charge in [-0.25, -0.2) is 17.9 Å². The second kappa shape index (κ2) is 8.30. The van der Waals surface area contributed by atoms with E-state index in [-0.39, 0.29) is 10.9 Å². The molecule has 0 bridgehead atoms. The van der Waals surface area contributed by atoms with Gasteiger partial charge in [-0.1, -0.05) is 17.7 Å². The molecule has 0 spiro atoms. The molecule has 2 amide bonds. The van der Waals surface area contributed by atoms with E-state index < -0.39 is 10.0 Å². The molecule has 6 nitrogen and oxygen atoms in total. The summed E-state index contributed by atoms with van der Waals surface area (Å²) in [6.07, 6.45) is 7.85. The Hall–Kier alpha value is -1.86. The summed E-state index contributed by atoms with van der Waals surface area (Å²) in [5.74, 6) is 0. The topological polar surface area (TPSA) is 87.3 Å². The van der Waals surface area contributed by atoms with E-state index in [0.717, 1.165) is 24.8 Å². The fourth-order valence-corrected chi connectivity index (χ4v) is 3.41. The lowest BCUT2D eigenvalue weighted by Gasteiger charge is -2.14. The van der Waals surface area contributed by atoms with Crippen molar-refractivity contribution in [3.05, 3.63) is 35.4 Å². The smallest absolute Gasteiger partial charge is 0.319 e. The second-order valence-corrected chi connectivity index (χ2v) is 7.81. The number of anilines is 1. The highest BCUT2D eigenvalue weighted by molar-refractivity contribution is 7.89. The Morgan fingerprint density at radius 2 is 2.04 bits per heavy atom. The maximum absolute atomic E-state index is 12.0. The van der Waals surface area contributed by atoms with Crippen LogP contribution in [0.15, 0.2) is 34.7 Å². The van der Waals surface area contributed by atoms with Gasteiger partial charge in [-0.15, -0.1) is 0 Å². The number of urea groups is 1. The van der Waals surface area contributed by atoms with Gasteiger partial charge in [0.1, 0.15) is 0 Å². The minimum Gasteiger partial charge on any atom is -0.338 e. The standard InChI is InChI=1S/C17H25N3O3S/c1-13-8-9-15(24(22,23)18-2)12-16(13)20-17(21)19-11-10-14-6-4-3-5-7-14/h6,8-9,12,18H,3-5,7,10-11H2,1-2H3,(H2,19,20,21). The summed E-state index contributed by atoms with van der Waals surface area (Å²) in [5.41, 5.74) is 2.69. The summed E-state index contributed by atoms with van der Waals surface area (Å²) in [6, 6.07) is 4.32. The molecule has 132 valence electrons. The number of amides is 2. The first-order valence-corrected chi connectivity index (χ1v) is 9.67. The van der Waals surface area contributed by atoms with Crippen molar-refractivity contribution in [1.82, 2.24) is 10.0 Å². The van der Waals surface area contributed by atoms with Crippen LogP contribution in [-0.2, 0) is 10.0 Å². The Balaban J connectivity index is 1.93. The average Bonchev–Trinajstić information content (AvgIpc) is 2.57. The predicted octanol–water partition coefficient (Wildman–Crippen LogP) is 2.92. The van der Waals surface area contributed by atoms with Crippen molar-refractivity contribution in [3.8, 4) is 0 Å². The van der Waals surface area contributed by atoms with Crippen LogP contribution in [0.25, 0.3) is 0 Å². The number of benzene rings is 1. The highest BCUT2D eigenvalue weighted by Crippen LogP contribution is 2.21. The molecule has 2 rings (SSSR count). The number of hydrogen-bond acceptors (Lipinski definition) is 3. The zero-order valence-corrected chi connectivity index (χ0v) is 15.0. The van der Waals surface area contributed by atoms with Crippen molar-refractivity contribution in [3.63, 3.8) is 0 Å². The highest BCUT2D eigenvalue weighted by atomic mass is 32.2. The average molecular weight is 351 g/mol. The maximum Gasteiger partial charge on any atom is 0.319 e. The lowest BCUT2D eigenvalue weighted by atomic mass is 9.97. The van der Waals surface area contributed by atoms with Gasteiger partial charge in [-0.05, 0) is 63.8 Å². The second-order valence-electron chi connectivity index (χ2n) is 5.92. The van der Waals surface area contributed by atoms with Gasteiger partial charge in [-0.3, -0.25) is 0 Å². The number of rotatable bonds is 6. The van der Waals surface area contributed by atoms with E-state index in [9.17, 15) is 13.2 Å². The van der Waals surface area contributed by atoms with Crippen LogP contribution in [0.5, 0.6) is 0 Å². The first kappa shape index (κ1) is 18.5. The van der Waals surface area contributed by atoms with E-state index in [1.807, 2.05) is 6.92 Å². The molecule has 0 saturated carbocycles. The van der Waals surface area contributed by atoms with E-state index in [1.165, 1.54) is 37.6 Å². The van der Waals surface area contributed by atoms with Gasteiger partial charge in [0, 0.05) is 12.2 Å². The summed E-state index contributed by atoms with van der Waals surface area (Å²) in [7, 11) is -2.18. The van der Waals surface area contributed by atoms with Crippen molar-refractivity contribution in [2.24, 2.45) is 0 Å². The molecule has 0 radical (unpaired) electrons. The van der Waals surface area contributed by atoms with Crippen LogP contribution >= 0.6 is 0 Å². The SMILES string of the molecule is CNS(=O)(=O)c1ccc(C)c(NC(=O)NCCC2=CCCCC2)c1. The van der Waals surface area contributed by atoms with Crippen LogP contribution in [0.1, 0.15) is 37.7 Å². The van der Waals surface area contributed by atoms with E-state index in [0.29, 0.717) is 12.2 Å². The monoisotopic (exact) mass is 351 g/mol. The van der Waals surface area contributed by atoms with Gasteiger partial charge in [-0.2, -0.15) is 0 Å². The summed E-state index contributed by atoms with van der Waals surface area (Å²) in [6.45, 7) is 2.39. The van der Waals surface area contributed by atoms with Gasteiger partial charge in [0.2, 0.25) is 10.0 Å². The van der Waals surface area contributed by atoms with Gasteiger partial charge in [0.15, 0.2) is 0 Å². The molecule has 24 heavy (non-hydrogen) atoms. The highest BCUT2D eigenvalue weighted by Gasteiger charge is 2.14. The summed E-state index contributed by atoms with van der Waals surface area (Å²) in [5, 5.41) is 5.54. The van der Waals surface area contributed by atoms with Gasteiger partial charge in [0.25, 0.3) is 0 Å². The summed E-state index contributed by atoms with van der Waals surface area (Å²) >= 11 is 0. The number of sulfonamides is 1. The lowest BCUT2D eigenvalue weighted by Crippen LogP contribution is -2.30. The fourth-order valence-electron chi connectivity index (χ4n) is 2.66. The molecule has 0 heterocycles. The maximum atomic E-state index is 12.0. The molecule has 0 aliphatic heterocycles. The number of nitrogens with one attached hydrogen (secondary N) is 3. The molecule has 3 N–H and O–H groups in total. The molecule has 7 heteroatoms. The molecule has 0 aromatic heterocycles. The minimum atomic E-state index is -3.53. The Bertz CT molecular complexity index is 727. The van der Waals surface area contributed by atoms with Crippen LogP contribution < -0.4 is 15.4 Å². The first-order chi connectivity index (χ1) is 11.4. The molecule has 1 aromatic carbocycles. The molecule has 1 aliphatic carbocycles. The van der Waals surface area contributed by atoms with Crippen LogP contribution in [-0.4, -0.2) is 28.0 Å². The van der Waals surface area contributed by atoms with E-state index >= 15 is 0 Å². The number of carbonyl (C=O) groups excluding carboxylic acids is 1. The zero-order chi connectivity index (χ0) is 17.6. The number of aryl methyl sites for hydroxylation is 1. The quantitative estimate of drug-likeness (QED) is 0.689. The lowest BCUT2D eigenvalue weighted by molar-refractivity contribution is 0.252. The predicted molar refractivity (Wildman–Crippen MR) is 95.6 cm³/mol. The zero-order valence-electron chi connectivity index (χ0n) is 14.2. The van der Waals surface area contributed by atoms with Crippen molar-refractivity contribution in [1.29, 1.82) is 0 Å². The van der Waals surface area contributed by atoms with E-state index in [1.54, 1.807) is 6.07 Å². The largest absolute Gasteiger partial charge is 0.338 e. The molecule has 1 aromatic rings. The third-order valence-electron chi connectivity index (χ3n) is 4.15. The van der Waals surface area contributed by atoms with Crippen molar-refractivity contribution < 1.29 is 13.2 Å². The Morgan fingerprint density at radius 1 is 1.25 bits per heavy atom. The number of hydrogen-bond donors (Lipinski definition) is 3.